The molecule has 3 aliphatic rings. The lowest BCUT2D eigenvalue weighted by atomic mass is 9.82. The Balaban J connectivity index is 1.94. The largest absolute Gasteiger partial charge is 0.118 e. The maximum absolute atomic E-state index is 6.54. The van der Waals surface area contributed by atoms with E-state index in [9.17, 15) is 0 Å². The highest BCUT2D eigenvalue weighted by Gasteiger charge is 2.96. The molecule has 2 unspecified atom stereocenters. The van der Waals surface area contributed by atoms with Gasteiger partial charge in [-0.05, 0) is 38.5 Å². The van der Waals surface area contributed by atoms with E-state index in [0.717, 1.165) is 11.8 Å². The van der Waals surface area contributed by atoms with Crippen LogP contribution in [0.5, 0.6) is 0 Å². The first-order valence-corrected chi connectivity index (χ1v) is 5.37. The summed E-state index contributed by atoms with van der Waals surface area (Å²) in [5, 5.41) is 0. The normalized spacial score (nSPS) is 58.9. The summed E-state index contributed by atoms with van der Waals surface area (Å²) >= 11 is 6.54. The maximum atomic E-state index is 6.54. The fraction of sp³-hybridized carbons (Fsp3) is 0.818. The van der Waals surface area contributed by atoms with E-state index in [0.29, 0.717) is 5.41 Å². The van der Waals surface area contributed by atoms with Crippen LogP contribution < -0.4 is 0 Å². The van der Waals surface area contributed by atoms with Crippen molar-refractivity contribution in [1.29, 1.82) is 0 Å². The van der Waals surface area contributed by atoms with Gasteiger partial charge in [0.05, 0.1) is 4.87 Å². The summed E-state index contributed by atoms with van der Waals surface area (Å²) in [5.41, 5.74) is 1.94. The molecule has 12 heavy (non-hydrogen) atoms. The highest BCUT2D eigenvalue weighted by Crippen LogP contribution is 2.95. The third kappa shape index (κ3) is 0.510. The van der Waals surface area contributed by atoms with Gasteiger partial charge in [-0.3, -0.25) is 0 Å². The second-order valence-electron chi connectivity index (χ2n) is 4.96. The standard InChI is InChI=1S/C11H15Cl/c1-7(2)6-10-8-4-3-5-9(10)11(8,10)12/h6,8-9H,3-5H2,1-2H3. The van der Waals surface area contributed by atoms with Crippen LogP contribution in [0.2, 0.25) is 0 Å². The molecule has 0 radical (unpaired) electrons. The van der Waals surface area contributed by atoms with Gasteiger partial charge in [-0.1, -0.05) is 18.1 Å². The lowest BCUT2D eigenvalue weighted by Crippen LogP contribution is -2.18. The fourth-order valence-electron chi connectivity index (χ4n) is 3.77. The first-order chi connectivity index (χ1) is 5.64. The van der Waals surface area contributed by atoms with Crippen molar-refractivity contribution in [2.75, 3.05) is 0 Å². The van der Waals surface area contributed by atoms with E-state index in [1.807, 2.05) is 0 Å². The second-order valence-corrected chi connectivity index (χ2v) is 5.58. The second kappa shape index (κ2) is 1.77. The van der Waals surface area contributed by atoms with E-state index in [1.54, 1.807) is 0 Å². The molecule has 0 heterocycles. The molecule has 0 aromatic carbocycles. The molecule has 0 spiro atoms. The van der Waals surface area contributed by atoms with Crippen molar-refractivity contribution in [1.82, 2.24) is 0 Å². The van der Waals surface area contributed by atoms with Crippen LogP contribution in [0, 0.1) is 17.3 Å². The molecule has 0 amide bonds. The van der Waals surface area contributed by atoms with E-state index in [4.69, 9.17) is 11.6 Å². The minimum Gasteiger partial charge on any atom is -0.118 e. The lowest BCUT2D eigenvalue weighted by molar-refractivity contribution is 0.308. The predicted octanol–water partition coefficient (Wildman–Crippen LogP) is 3.36. The molecular weight excluding hydrogens is 168 g/mol. The summed E-state index contributed by atoms with van der Waals surface area (Å²) in [6.45, 7) is 4.39. The molecule has 0 N–H and O–H groups in total. The Labute approximate surface area is 79.0 Å². The van der Waals surface area contributed by atoms with Crippen molar-refractivity contribution in [2.45, 2.75) is 38.0 Å². The van der Waals surface area contributed by atoms with Gasteiger partial charge in [0.2, 0.25) is 0 Å². The number of hydrogen-bond donors (Lipinski definition) is 0. The van der Waals surface area contributed by atoms with Crippen molar-refractivity contribution in [3.63, 3.8) is 0 Å². The topological polar surface area (TPSA) is 0 Å². The molecule has 0 aromatic rings. The predicted molar refractivity (Wildman–Crippen MR) is 51.3 cm³/mol. The van der Waals surface area contributed by atoms with Gasteiger partial charge in [-0.2, -0.15) is 0 Å². The first kappa shape index (κ1) is 7.44. The summed E-state index contributed by atoms with van der Waals surface area (Å²) in [5.74, 6) is 1.70. The summed E-state index contributed by atoms with van der Waals surface area (Å²) in [7, 11) is 0. The zero-order valence-electron chi connectivity index (χ0n) is 7.73. The van der Waals surface area contributed by atoms with Crippen molar-refractivity contribution >= 4 is 11.6 Å². The molecule has 1 heteroatoms. The van der Waals surface area contributed by atoms with Crippen LogP contribution in [0.4, 0.5) is 0 Å². The Kier molecular flexibility index (Phi) is 1.10. The smallest absolute Gasteiger partial charge is 0.0618 e. The zero-order valence-corrected chi connectivity index (χ0v) is 8.49. The van der Waals surface area contributed by atoms with Crippen molar-refractivity contribution < 1.29 is 0 Å². The molecule has 0 aliphatic heterocycles. The molecule has 0 aromatic heterocycles. The van der Waals surface area contributed by atoms with Crippen LogP contribution in [0.3, 0.4) is 0 Å². The summed E-state index contributed by atoms with van der Waals surface area (Å²) in [4.78, 5) is 0.253. The highest BCUT2D eigenvalue weighted by atomic mass is 35.5. The molecular formula is C11H15Cl. The molecule has 3 aliphatic carbocycles. The fourth-order valence-corrected chi connectivity index (χ4v) is 4.56. The Hall–Kier alpha value is 0.0300. The number of alkyl halides is 1. The average Bonchev–Trinajstić information content (AvgIpc) is 2.73. The van der Waals surface area contributed by atoms with E-state index in [1.165, 1.54) is 24.8 Å². The minimum atomic E-state index is 0.253. The Bertz CT molecular complexity index is 261. The summed E-state index contributed by atoms with van der Waals surface area (Å²) in [6.07, 6.45) is 6.63. The lowest BCUT2D eigenvalue weighted by Gasteiger charge is -2.24. The molecule has 2 atom stereocenters. The molecule has 3 rings (SSSR count). The van der Waals surface area contributed by atoms with E-state index >= 15 is 0 Å². The van der Waals surface area contributed by atoms with Crippen LogP contribution >= 0.6 is 11.6 Å². The maximum Gasteiger partial charge on any atom is 0.0618 e. The van der Waals surface area contributed by atoms with Gasteiger partial charge < -0.3 is 0 Å². The summed E-state index contributed by atoms with van der Waals surface area (Å²) < 4.78 is 0. The van der Waals surface area contributed by atoms with E-state index in [-0.39, 0.29) is 4.87 Å². The quantitative estimate of drug-likeness (QED) is 0.431. The van der Waals surface area contributed by atoms with Crippen LogP contribution in [-0.4, -0.2) is 4.87 Å². The van der Waals surface area contributed by atoms with Crippen molar-refractivity contribution in [3.05, 3.63) is 11.6 Å². The minimum absolute atomic E-state index is 0.253. The van der Waals surface area contributed by atoms with Crippen LogP contribution in [0.1, 0.15) is 33.1 Å². The zero-order chi connectivity index (χ0) is 8.56. The monoisotopic (exact) mass is 182 g/mol. The Morgan fingerprint density at radius 3 is 2.33 bits per heavy atom. The third-order valence-corrected chi connectivity index (χ3v) is 5.03. The number of allylic oxidation sites excluding steroid dienone is 2. The number of rotatable bonds is 1. The summed E-state index contributed by atoms with van der Waals surface area (Å²) in [6, 6.07) is 0. The van der Waals surface area contributed by atoms with E-state index in [2.05, 4.69) is 19.9 Å². The Morgan fingerprint density at radius 1 is 1.33 bits per heavy atom. The van der Waals surface area contributed by atoms with Crippen molar-refractivity contribution in [2.24, 2.45) is 17.3 Å². The van der Waals surface area contributed by atoms with Gasteiger partial charge in [0, 0.05) is 5.41 Å². The van der Waals surface area contributed by atoms with Crippen molar-refractivity contribution in [3.8, 4) is 0 Å². The van der Waals surface area contributed by atoms with Gasteiger partial charge in [0.1, 0.15) is 0 Å². The van der Waals surface area contributed by atoms with Gasteiger partial charge in [0.15, 0.2) is 0 Å². The molecule has 0 nitrogen and oxygen atoms in total. The van der Waals surface area contributed by atoms with Gasteiger partial charge in [0.25, 0.3) is 0 Å². The van der Waals surface area contributed by atoms with Gasteiger partial charge in [-0.25, -0.2) is 0 Å². The SMILES string of the molecule is CC(C)=CC12C3CCCC1C32Cl. The van der Waals surface area contributed by atoms with E-state index < -0.39 is 0 Å². The Morgan fingerprint density at radius 2 is 1.92 bits per heavy atom. The molecule has 0 saturated heterocycles. The van der Waals surface area contributed by atoms with Crippen LogP contribution in [0.25, 0.3) is 0 Å². The van der Waals surface area contributed by atoms with Crippen LogP contribution in [0.15, 0.2) is 11.6 Å². The molecule has 3 saturated carbocycles. The van der Waals surface area contributed by atoms with Gasteiger partial charge >= 0.3 is 0 Å². The number of hydrogen-bond acceptors (Lipinski definition) is 0. The molecule has 0 bridgehead atoms. The third-order valence-electron chi connectivity index (χ3n) is 4.18. The first-order valence-electron chi connectivity index (χ1n) is 4.99. The molecule has 3 fully saturated rings. The number of fused-ring (bicyclic) bond motifs is 2. The van der Waals surface area contributed by atoms with Gasteiger partial charge in [-0.15, -0.1) is 11.6 Å². The highest BCUT2D eigenvalue weighted by molar-refractivity contribution is 6.31. The number of halogens is 1. The average molecular weight is 183 g/mol. The molecule has 66 valence electrons. The van der Waals surface area contributed by atoms with Crippen LogP contribution in [-0.2, 0) is 0 Å².